The number of thiophene rings is 1. The number of fused-ring (bicyclic) bond motifs is 3. The van der Waals surface area contributed by atoms with Gasteiger partial charge in [-0.05, 0) is 50.8 Å². The summed E-state index contributed by atoms with van der Waals surface area (Å²) in [6.07, 6.45) is 5.06. The fourth-order valence-electron chi connectivity index (χ4n) is 3.09. The number of nitrogens with zero attached hydrogens (tertiary/aromatic N) is 2. The third kappa shape index (κ3) is 3.28. The maximum absolute atomic E-state index is 12.5. The largest absolute Gasteiger partial charge is 0.325 e. The van der Waals surface area contributed by atoms with Gasteiger partial charge in [0.1, 0.15) is 16.2 Å². The zero-order valence-corrected chi connectivity index (χ0v) is 15.8. The molecule has 4 rings (SSSR count). The first-order valence-electron chi connectivity index (χ1n) is 8.41. The lowest BCUT2D eigenvalue weighted by molar-refractivity contribution is -0.115. The average molecular weight is 370 g/mol. The van der Waals surface area contributed by atoms with E-state index in [1.165, 1.54) is 39.6 Å². The molecule has 1 aromatic carbocycles. The van der Waals surface area contributed by atoms with E-state index in [9.17, 15) is 4.79 Å². The van der Waals surface area contributed by atoms with Crippen molar-refractivity contribution < 1.29 is 4.79 Å². The first-order valence-corrected chi connectivity index (χ1v) is 10.1. The highest BCUT2D eigenvalue weighted by Crippen LogP contribution is 2.40. The highest BCUT2D eigenvalue weighted by atomic mass is 32.2. The second kappa shape index (κ2) is 6.77. The van der Waals surface area contributed by atoms with Crippen LogP contribution in [-0.4, -0.2) is 21.1 Å². The Bertz CT molecular complexity index is 934. The fourth-order valence-corrected chi connectivity index (χ4v) is 5.33. The lowest BCUT2D eigenvalue weighted by Crippen LogP contribution is -2.22. The summed E-state index contributed by atoms with van der Waals surface area (Å²) in [5.41, 5.74) is 3.40. The van der Waals surface area contributed by atoms with Crippen molar-refractivity contribution in [3.63, 3.8) is 0 Å². The number of anilines is 1. The van der Waals surface area contributed by atoms with E-state index in [4.69, 9.17) is 0 Å². The summed E-state index contributed by atoms with van der Waals surface area (Å²) in [5.74, 6) is -0.00695. The van der Waals surface area contributed by atoms with E-state index >= 15 is 0 Å². The van der Waals surface area contributed by atoms with Crippen molar-refractivity contribution in [3.8, 4) is 0 Å². The molecule has 4 nitrogen and oxygen atoms in total. The molecule has 0 fully saturated rings. The summed E-state index contributed by atoms with van der Waals surface area (Å²) in [6.45, 7) is 3.96. The van der Waals surface area contributed by atoms with E-state index in [2.05, 4.69) is 15.3 Å². The summed E-state index contributed by atoms with van der Waals surface area (Å²) in [4.78, 5) is 23.9. The summed E-state index contributed by atoms with van der Waals surface area (Å²) in [7, 11) is 0. The van der Waals surface area contributed by atoms with E-state index in [0.717, 1.165) is 28.4 Å². The van der Waals surface area contributed by atoms with Crippen molar-refractivity contribution in [2.75, 3.05) is 5.32 Å². The molecular weight excluding hydrogens is 350 g/mol. The number of carbonyl (C=O) groups excluding carboxylic acids is 1. The number of hydrogen-bond donors (Lipinski definition) is 1. The molecule has 0 bridgehead atoms. The highest BCUT2D eigenvalue weighted by molar-refractivity contribution is 8.00. The van der Waals surface area contributed by atoms with Crippen LogP contribution in [0.2, 0.25) is 0 Å². The minimum Gasteiger partial charge on any atom is -0.325 e. The van der Waals surface area contributed by atoms with Gasteiger partial charge in [-0.1, -0.05) is 29.5 Å². The van der Waals surface area contributed by atoms with Gasteiger partial charge in [0.25, 0.3) is 0 Å². The van der Waals surface area contributed by atoms with E-state index in [1.807, 2.05) is 38.1 Å². The van der Waals surface area contributed by atoms with Crippen LogP contribution in [0, 0.1) is 6.92 Å². The predicted molar refractivity (Wildman–Crippen MR) is 105 cm³/mol. The number of nitrogens with one attached hydrogen (secondary N) is 1. The van der Waals surface area contributed by atoms with Gasteiger partial charge in [0.2, 0.25) is 5.91 Å². The normalized spacial score (nSPS) is 14.5. The van der Waals surface area contributed by atoms with Gasteiger partial charge in [-0.2, -0.15) is 0 Å². The molecule has 0 spiro atoms. The number of aryl methyl sites for hydroxylation is 3. The molecule has 0 saturated carbocycles. The van der Waals surface area contributed by atoms with Gasteiger partial charge in [0, 0.05) is 16.0 Å². The van der Waals surface area contributed by atoms with Crippen molar-refractivity contribution >= 4 is 44.9 Å². The van der Waals surface area contributed by atoms with Crippen LogP contribution in [0.15, 0.2) is 35.6 Å². The first kappa shape index (κ1) is 16.5. The monoisotopic (exact) mass is 369 g/mol. The smallest absolute Gasteiger partial charge is 0.237 e. The van der Waals surface area contributed by atoms with Gasteiger partial charge in [0.15, 0.2) is 0 Å². The molecule has 1 N–H and O–H groups in total. The second-order valence-corrected chi connectivity index (χ2v) is 8.74. The summed E-state index contributed by atoms with van der Waals surface area (Å²) in [6, 6.07) is 7.85. The van der Waals surface area contributed by atoms with Crippen LogP contribution < -0.4 is 5.32 Å². The van der Waals surface area contributed by atoms with E-state index in [1.54, 1.807) is 17.7 Å². The Morgan fingerprint density at radius 1 is 1.24 bits per heavy atom. The second-order valence-electron chi connectivity index (χ2n) is 6.33. The Hall–Kier alpha value is -1.92. The number of amides is 1. The Labute approximate surface area is 155 Å². The van der Waals surface area contributed by atoms with Crippen LogP contribution in [0.25, 0.3) is 10.2 Å². The number of benzene rings is 1. The summed E-state index contributed by atoms with van der Waals surface area (Å²) in [5, 5.41) is 4.85. The van der Waals surface area contributed by atoms with Crippen LogP contribution >= 0.6 is 23.1 Å². The maximum atomic E-state index is 12.5. The molecule has 1 atom stereocenters. The van der Waals surface area contributed by atoms with Gasteiger partial charge >= 0.3 is 0 Å². The molecule has 2 aromatic heterocycles. The number of carbonyl (C=O) groups is 1. The SMILES string of the molecule is Cc1ccc(NC(=O)[C@@H](C)Sc2ncnc3sc4c(c23)CCC4)cc1. The summed E-state index contributed by atoms with van der Waals surface area (Å²) < 4.78 is 0. The van der Waals surface area contributed by atoms with Crippen molar-refractivity contribution in [3.05, 3.63) is 46.6 Å². The topological polar surface area (TPSA) is 54.9 Å². The van der Waals surface area contributed by atoms with Crippen LogP contribution in [-0.2, 0) is 17.6 Å². The zero-order valence-electron chi connectivity index (χ0n) is 14.2. The molecule has 25 heavy (non-hydrogen) atoms. The molecule has 0 saturated heterocycles. The molecule has 2 heterocycles. The molecule has 0 radical (unpaired) electrons. The molecule has 1 amide bonds. The van der Waals surface area contributed by atoms with E-state index in [0.29, 0.717) is 0 Å². The quantitative estimate of drug-likeness (QED) is 0.539. The van der Waals surface area contributed by atoms with Gasteiger partial charge < -0.3 is 5.32 Å². The van der Waals surface area contributed by atoms with Crippen molar-refractivity contribution in [2.45, 2.75) is 43.4 Å². The molecule has 1 aliphatic carbocycles. The van der Waals surface area contributed by atoms with E-state index in [-0.39, 0.29) is 11.2 Å². The zero-order chi connectivity index (χ0) is 17.4. The number of thioether (sulfide) groups is 1. The third-order valence-corrected chi connectivity index (χ3v) is 6.74. The first-order chi connectivity index (χ1) is 12.1. The molecule has 0 aliphatic heterocycles. The highest BCUT2D eigenvalue weighted by Gasteiger charge is 2.23. The van der Waals surface area contributed by atoms with Gasteiger partial charge in [-0.3, -0.25) is 4.79 Å². The lowest BCUT2D eigenvalue weighted by atomic mass is 10.2. The molecular formula is C19H19N3OS2. The summed E-state index contributed by atoms with van der Waals surface area (Å²) >= 11 is 3.29. The molecule has 6 heteroatoms. The Kier molecular flexibility index (Phi) is 4.48. The lowest BCUT2D eigenvalue weighted by Gasteiger charge is -2.12. The van der Waals surface area contributed by atoms with Crippen LogP contribution in [0.3, 0.4) is 0 Å². The number of aromatic nitrogens is 2. The van der Waals surface area contributed by atoms with Gasteiger partial charge in [0.05, 0.1) is 5.25 Å². The van der Waals surface area contributed by atoms with Crippen LogP contribution in [0.1, 0.15) is 29.3 Å². The van der Waals surface area contributed by atoms with Crippen molar-refractivity contribution in [2.24, 2.45) is 0 Å². The minimum atomic E-state index is -0.226. The Morgan fingerprint density at radius 2 is 2.04 bits per heavy atom. The predicted octanol–water partition coefficient (Wildman–Crippen LogP) is 4.61. The Balaban J connectivity index is 1.54. The van der Waals surface area contributed by atoms with Gasteiger partial charge in [-0.15, -0.1) is 11.3 Å². The fraction of sp³-hybridized carbons (Fsp3) is 0.316. The maximum Gasteiger partial charge on any atom is 0.237 e. The van der Waals surface area contributed by atoms with Crippen molar-refractivity contribution in [1.82, 2.24) is 9.97 Å². The minimum absolute atomic E-state index is 0.00695. The third-order valence-electron chi connectivity index (χ3n) is 4.44. The Morgan fingerprint density at radius 3 is 2.84 bits per heavy atom. The van der Waals surface area contributed by atoms with Crippen molar-refractivity contribution in [1.29, 1.82) is 0 Å². The average Bonchev–Trinajstić information content (AvgIpc) is 3.18. The van der Waals surface area contributed by atoms with Gasteiger partial charge in [-0.25, -0.2) is 9.97 Å². The number of rotatable bonds is 4. The standard InChI is InChI=1S/C19H19N3OS2/c1-11-6-8-13(9-7-11)22-17(23)12(2)24-18-16-14-4-3-5-15(14)25-19(16)21-10-20-18/h6-10,12H,3-5H2,1-2H3,(H,22,23)/t12-/m1/s1. The molecule has 128 valence electrons. The molecule has 1 aliphatic rings. The molecule has 3 aromatic rings. The van der Waals surface area contributed by atoms with Crippen LogP contribution in [0.4, 0.5) is 5.69 Å². The molecule has 0 unspecified atom stereocenters. The van der Waals surface area contributed by atoms with Crippen LogP contribution in [0.5, 0.6) is 0 Å². The number of hydrogen-bond acceptors (Lipinski definition) is 5. The van der Waals surface area contributed by atoms with E-state index < -0.39 is 0 Å².